The fraction of sp³-hybridized carbons (Fsp3) is 0.714. The van der Waals surface area contributed by atoms with E-state index in [2.05, 4.69) is 22.2 Å². The molecule has 0 aliphatic carbocycles. The van der Waals surface area contributed by atoms with E-state index < -0.39 is 0 Å². The quantitative estimate of drug-likeness (QED) is 0.813. The molecule has 1 unspecified atom stereocenters. The molecule has 1 aromatic heterocycles. The number of aromatic nitrogens is 2. The zero-order chi connectivity index (χ0) is 15.4. The van der Waals surface area contributed by atoms with Crippen LogP contribution in [0.1, 0.15) is 30.0 Å². The lowest BCUT2D eigenvalue weighted by Crippen LogP contribution is -2.47. The fourth-order valence-electron chi connectivity index (χ4n) is 2.55. The number of aryl methyl sites for hydroxylation is 2. The van der Waals surface area contributed by atoms with Crippen LogP contribution in [0.2, 0.25) is 0 Å². The molecule has 0 radical (unpaired) electrons. The van der Waals surface area contributed by atoms with Crippen LogP contribution in [0.5, 0.6) is 0 Å². The van der Waals surface area contributed by atoms with Crippen LogP contribution >= 0.6 is 0 Å². The largest absolute Gasteiger partial charge is 0.395 e. The van der Waals surface area contributed by atoms with Gasteiger partial charge in [0.2, 0.25) is 0 Å². The molecule has 2 rings (SSSR count). The highest BCUT2D eigenvalue weighted by atomic mass is 16.5. The Morgan fingerprint density at radius 2 is 2.24 bits per heavy atom. The van der Waals surface area contributed by atoms with Crippen molar-refractivity contribution >= 4 is 11.6 Å². The van der Waals surface area contributed by atoms with Gasteiger partial charge in [-0.2, -0.15) is 5.10 Å². The summed E-state index contributed by atoms with van der Waals surface area (Å²) in [6.07, 6.45) is 0.0305. The number of hydrogen-bond acceptors (Lipinski definition) is 5. The Balaban J connectivity index is 1.96. The lowest BCUT2D eigenvalue weighted by Gasteiger charge is -2.32. The molecule has 1 saturated heterocycles. The first-order valence-corrected chi connectivity index (χ1v) is 7.51. The number of likely N-dealkylation sites (N-methyl/N-ethyl adjacent to an activating group) is 1. The topological polar surface area (TPSA) is 85.4 Å². The molecule has 3 N–H and O–H groups in total. The molecule has 0 bridgehead atoms. The number of hydrogen-bond donors (Lipinski definition) is 2. The van der Waals surface area contributed by atoms with Crippen molar-refractivity contribution in [1.82, 2.24) is 20.0 Å². The summed E-state index contributed by atoms with van der Waals surface area (Å²) in [6.45, 7) is 10.5. The van der Waals surface area contributed by atoms with Gasteiger partial charge in [-0.15, -0.1) is 0 Å². The third-order valence-electron chi connectivity index (χ3n) is 3.85. The van der Waals surface area contributed by atoms with Gasteiger partial charge >= 0.3 is 0 Å². The second-order valence-electron chi connectivity index (χ2n) is 5.26. The summed E-state index contributed by atoms with van der Waals surface area (Å²) >= 11 is 0. The predicted molar refractivity (Wildman–Crippen MR) is 81.2 cm³/mol. The number of anilines is 1. The maximum absolute atomic E-state index is 12.3. The molecule has 1 amide bonds. The molecule has 118 valence electrons. The summed E-state index contributed by atoms with van der Waals surface area (Å²) in [5, 5.41) is 7.17. The number of nitrogens with one attached hydrogen (secondary N) is 1. The summed E-state index contributed by atoms with van der Waals surface area (Å²) in [4.78, 5) is 14.6. The molecule has 21 heavy (non-hydrogen) atoms. The lowest BCUT2D eigenvalue weighted by molar-refractivity contribution is -0.0246. The number of carbonyl (C=O) groups excluding carboxylic acids is 1. The SMILES string of the molecule is CCN1CCOC(CNC(=O)c2c(N)c(C)nn2CC)C1. The number of ether oxygens (including phenoxy) is 1. The number of carbonyl (C=O) groups is 1. The first-order valence-electron chi connectivity index (χ1n) is 7.51. The van der Waals surface area contributed by atoms with Gasteiger partial charge in [-0.05, 0) is 20.4 Å². The van der Waals surface area contributed by atoms with Crippen molar-refractivity contribution in [2.75, 3.05) is 38.5 Å². The highest BCUT2D eigenvalue weighted by Crippen LogP contribution is 2.16. The van der Waals surface area contributed by atoms with Gasteiger partial charge in [-0.25, -0.2) is 0 Å². The molecule has 1 atom stereocenters. The average Bonchev–Trinajstić information content (AvgIpc) is 2.80. The van der Waals surface area contributed by atoms with E-state index in [9.17, 15) is 4.79 Å². The molecule has 1 fully saturated rings. The van der Waals surface area contributed by atoms with Crippen molar-refractivity contribution in [2.45, 2.75) is 33.4 Å². The standard InChI is InChI=1S/C14H25N5O2/c1-4-18-6-7-21-11(9-18)8-16-14(20)13-12(15)10(3)17-19(13)5-2/h11H,4-9,15H2,1-3H3,(H,16,20). The second kappa shape index (κ2) is 6.91. The molecule has 0 saturated carbocycles. The summed E-state index contributed by atoms with van der Waals surface area (Å²) in [7, 11) is 0. The van der Waals surface area contributed by atoms with Crippen LogP contribution in [-0.2, 0) is 11.3 Å². The number of rotatable bonds is 5. The Hall–Kier alpha value is -1.60. The Morgan fingerprint density at radius 1 is 1.48 bits per heavy atom. The Labute approximate surface area is 125 Å². The van der Waals surface area contributed by atoms with Gasteiger partial charge in [0.25, 0.3) is 5.91 Å². The van der Waals surface area contributed by atoms with Crippen molar-refractivity contribution in [3.63, 3.8) is 0 Å². The van der Waals surface area contributed by atoms with Crippen LogP contribution in [0, 0.1) is 6.92 Å². The van der Waals surface area contributed by atoms with Crippen LogP contribution in [0.25, 0.3) is 0 Å². The van der Waals surface area contributed by atoms with Gasteiger partial charge < -0.3 is 15.8 Å². The van der Waals surface area contributed by atoms with Crippen LogP contribution < -0.4 is 11.1 Å². The van der Waals surface area contributed by atoms with E-state index in [4.69, 9.17) is 10.5 Å². The molecule has 7 nitrogen and oxygen atoms in total. The van der Waals surface area contributed by atoms with E-state index in [1.165, 1.54) is 0 Å². The molecule has 0 aromatic carbocycles. The van der Waals surface area contributed by atoms with Crippen molar-refractivity contribution < 1.29 is 9.53 Å². The normalized spacial score (nSPS) is 19.7. The van der Waals surface area contributed by atoms with Crippen LogP contribution in [0.3, 0.4) is 0 Å². The van der Waals surface area contributed by atoms with Gasteiger partial charge in [0.15, 0.2) is 0 Å². The lowest BCUT2D eigenvalue weighted by atomic mass is 10.2. The van der Waals surface area contributed by atoms with Gasteiger partial charge in [0, 0.05) is 26.2 Å². The van der Waals surface area contributed by atoms with Gasteiger partial charge in [-0.1, -0.05) is 6.92 Å². The van der Waals surface area contributed by atoms with Crippen molar-refractivity contribution in [3.8, 4) is 0 Å². The van der Waals surface area contributed by atoms with Crippen LogP contribution in [0.15, 0.2) is 0 Å². The third-order valence-corrected chi connectivity index (χ3v) is 3.85. The number of nitrogens with zero attached hydrogens (tertiary/aromatic N) is 3. The summed E-state index contributed by atoms with van der Waals surface area (Å²) < 4.78 is 7.32. The zero-order valence-electron chi connectivity index (χ0n) is 13.1. The van der Waals surface area contributed by atoms with E-state index in [-0.39, 0.29) is 12.0 Å². The summed E-state index contributed by atoms with van der Waals surface area (Å²) in [5.74, 6) is -0.188. The summed E-state index contributed by atoms with van der Waals surface area (Å²) in [6, 6.07) is 0. The minimum Gasteiger partial charge on any atom is -0.395 e. The highest BCUT2D eigenvalue weighted by Gasteiger charge is 2.23. The zero-order valence-corrected chi connectivity index (χ0v) is 13.1. The van der Waals surface area contributed by atoms with Crippen molar-refractivity contribution in [3.05, 3.63) is 11.4 Å². The maximum atomic E-state index is 12.3. The third kappa shape index (κ3) is 3.54. The van der Waals surface area contributed by atoms with E-state index in [0.29, 0.717) is 36.8 Å². The molecular weight excluding hydrogens is 270 g/mol. The van der Waals surface area contributed by atoms with E-state index in [1.54, 1.807) is 4.68 Å². The minimum atomic E-state index is -0.188. The molecule has 2 heterocycles. The maximum Gasteiger partial charge on any atom is 0.271 e. The number of nitrogen functional groups attached to an aromatic ring is 1. The monoisotopic (exact) mass is 295 g/mol. The van der Waals surface area contributed by atoms with Gasteiger partial charge in [0.05, 0.1) is 24.1 Å². The van der Waals surface area contributed by atoms with E-state index >= 15 is 0 Å². The second-order valence-corrected chi connectivity index (χ2v) is 5.26. The molecule has 1 aliphatic rings. The molecule has 7 heteroatoms. The highest BCUT2D eigenvalue weighted by molar-refractivity contribution is 5.97. The molecular formula is C14H25N5O2. The first kappa shape index (κ1) is 15.8. The Kier molecular flexibility index (Phi) is 5.19. The minimum absolute atomic E-state index is 0.0305. The van der Waals surface area contributed by atoms with Gasteiger partial charge in [0.1, 0.15) is 5.69 Å². The van der Waals surface area contributed by atoms with Gasteiger partial charge in [-0.3, -0.25) is 14.4 Å². The Bertz CT molecular complexity index is 500. The summed E-state index contributed by atoms with van der Waals surface area (Å²) in [5.41, 5.74) is 7.53. The Morgan fingerprint density at radius 3 is 2.90 bits per heavy atom. The predicted octanol–water partition coefficient (Wildman–Crippen LogP) is 0.244. The molecule has 0 spiro atoms. The smallest absolute Gasteiger partial charge is 0.271 e. The first-order chi connectivity index (χ1) is 10.1. The molecule has 1 aliphatic heterocycles. The van der Waals surface area contributed by atoms with Crippen molar-refractivity contribution in [2.24, 2.45) is 0 Å². The van der Waals surface area contributed by atoms with Crippen LogP contribution in [-0.4, -0.2) is 59.5 Å². The fourth-order valence-corrected chi connectivity index (χ4v) is 2.55. The number of morpholine rings is 1. The number of amides is 1. The number of nitrogens with two attached hydrogens (primary N) is 1. The molecule has 1 aromatic rings. The van der Waals surface area contributed by atoms with E-state index in [0.717, 1.165) is 19.6 Å². The average molecular weight is 295 g/mol. The van der Waals surface area contributed by atoms with E-state index in [1.807, 2.05) is 13.8 Å². The van der Waals surface area contributed by atoms with Crippen molar-refractivity contribution in [1.29, 1.82) is 0 Å². The van der Waals surface area contributed by atoms with Crippen LogP contribution in [0.4, 0.5) is 5.69 Å².